The number of aryl methyl sites for hydroxylation is 1. The summed E-state index contributed by atoms with van der Waals surface area (Å²) in [7, 11) is -3.72. The van der Waals surface area contributed by atoms with Gasteiger partial charge in [0.05, 0.1) is 24.6 Å². The van der Waals surface area contributed by atoms with Crippen LogP contribution in [0.5, 0.6) is 0 Å². The summed E-state index contributed by atoms with van der Waals surface area (Å²) in [6.07, 6.45) is 1.60. The Balaban J connectivity index is 2.74. The van der Waals surface area contributed by atoms with Crippen LogP contribution in [0.4, 0.5) is 0 Å². The van der Waals surface area contributed by atoms with E-state index in [0.717, 1.165) is 0 Å². The van der Waals surface area contributed by atoms with Crippen LogP contribution in [-0.2, 0) is 13.6 Å². The Labute approximate surface area is 129 Å². The molecule has 2 aromatic heterocycles. The molecule has 2 heterocycles. The second-order valence-corrected chi connectivity index (χ2v) is 6.55. The molecular formula is C15H19N2O4P. The lowest BCUT2D eigenvalue weighted by Gasteiger charge is -2.19. The van der Waals surface area contributed by atoms with Gasteiger partial charge in [0.1, 0.15) is 5.30 Å². The van der Waals surface area contributed by atoms with Crippen molar-refractivity contribution in [3.05, 3.63) is 46.4 Å². The first-order valence-corrected chi connectivity index (χ1v) is 8.61. The SMILES string of the molecule is CCOP(=O)(OCC)c1c(-c2ccccn2)[nH]c(C)cc1=O. The van der Waals surface area contributed by atoms with Crippen LogP contribution in [0.15, 0.2) is 35.3 Å². The molecule has 6 nitrogen and oxygen atoms in total. The lowest BCUT2D eigenvalue weighted by molar-refractivity contribution is 0.230. The number of pyridine rings is 2. The normalized spacial score (nSPS) is 11.6. The standard InChI is InChI=1S/C15H19N2O4P/c1-4-20-22(19,21-5-2)15-13(18)10-11(3)17-14(15)12-8-6-7-9-16-12/h6-10H,4-5H2,1-3H3,(H,17,18). The number of H-pyrrole nitrogens is 1. The molecule has 0 saturated carbocycles. The van der Waals surface area contributed by atoms with Gasteiger partial charge in [-0.05, 0) is 32.9 Å². The highest BCUT2D eigenvalue weighted by Crippen LogP contribution is 2.47. The van der Waals surface area contributed by atoms with Gasteiger partial charge in [0, 0.05) is 18.0 Å². The Morgan fingerprint density at radius 2 is 1.91 bits per heavy atom. The van der Waals surface area contributed by atoms with Crippen LogP contribution in [0.3, 0.4) is 0 Å². The zero-order chi connectivity index (χ0) is 16.2. The van der Waals surface area contributed by atoms with E-state index in [0.29, 0.717) is 17.1 Å². The van der Waals surface area contributed by atoms with Crippen molar-refractivity contribution in [1.29, 1.82) is 0 Å². The van der Waals surface area contributed by atoms with Crippen LogP contribution in [0.2, 0.25) is 0 Å². The van der Waals surface area contributed by atoms with Crippen molar-refractivity contribution in [2.45, 2.75) is 20.8 Å². The van der Waals surface area contributed by atoms with E-state index in [4.69, 9.17) is 9.05 Å². The Morgan fingerprint density at radius 3 is 2.45 bits per heavy atom. The number of aromatic nitrogens is 2. The maximum Gasteiger partial charge on any atom is 0.367 e. The quantitative estimate of drug-likeness (QED) is 0.827. The van der Waals surface area contributed by atoms with Gasteiger partial charge in [-0.25, -0.2) is 0 Å². The predicted octanol–water partition coefficient (Wildman–Crippen LogP) is 2.64. The molecule has 1 N–H and O–H groups in total. The van der Waals surface area contributed by atoms with E-state index in [1.165, 1.54) is 6.07 Å². The predicted molar refractivity (Wildman–Crippen MR) is 85.5 cm³/mol. The smallest absolute Gasteiger partial charge is 0.356 e. The van der Waals surface area contributed by atoms with Gasteiger partial charge in [-0.15, -0.1) is 0 Å². The average molecular weight is 322 g/mol. The maximum atomic E-state index is 13.0. The fourth-order valence-corrected chi connectivity index (χ4v) is 3.95. The van der Waals surface area contributed by atoms with Crippen molar-refractivity contribution in [2.75, 3.05) is 13.2 Å². The summed E-state index contributed by atoms with van der Waals surface area (Å²) in [4.78, 5) is 19.7. The third-order valence-corrected chi connectivity index (χ3v) is 5.12. The van der Waals surface area contributed by atoms with Gasteiger partial charge >= 0.3 is 7.60 Å². The topological polar surface area (TPSA) is 81.3 Å². The Bertz CT molecular complexity index is 733. The molecule has 0 radical (unpaired) electrons. The van der Waals surface area contributed by atoms with Crippen molar-refractivity contribution in [1.82, 2.24) is 9.97 Å². The molecular weight excluding hydrogens is 303 g/mol. The minimum atomic E-state index is -3.72. The molecule has 0 amide bonds. The molecule has 0 spiro atoms. The number of nitrogens with one attached hydrogen (secondary N) is 1. The average Bonchev–Trinajstić information content (AvgIpc) is 2.47. The molecule has 118 valence electrons. The first-order valence-electron chi connectivity index (χ1n) is 7.06. The van der Waals surface area contributed by atoms with E-state index in [-0.39, 0.29) is 23.9 Å². The summed E-state index contributed by atoms with van der Waals surface area (Å²) >= 11 is 0. The van der Waals surface area contributed by atoms with E-state index < -0.39 is 7.60 Å². The highest BCUT2D eigenvalue weighted by Gasteiger charge is 2.34. The maximum absolute atomic E-state index is 13.0. The first-order chi connectivity index (χ1) is 10.5. The number of aromatic amines is 1. The Kier molecular flexibility index (Phi) is 5.29. The molecule has 0 unspecified atom stereocenters. The molecule has 0 aliphatic heterocycles. The van der Waals surface area contributed by atoms with Crippen LogP contribution in [0.1, 0.15) is 19.5 Å². The van der Waals surface area contributed by atoms with Crippen molar-refractivity contribution in [2.24, 2.45) is 0 Å². The minimum absolute atomic E-state index is 0.000463. The molecule has 0 saturated heterocycles. The number of hydrogen-bond acceptors (Lipinski definition) is 5. The van der Waals surface area contributed by atoms with Gasteiger partial charge in [-0.3, -0.25) is 14.3 Å². The van der Waals surface area contributed by atoms with E-state index in [9.17, 15) is 9.36 Å². The van der Waals surface area contributed by atoms with Crippen LogP contribution in [0, 0.1) is 6.92 Å². The first kappa shape index (κ1) is 16.6. The van der Waals surface area contributed by atoms with Crippen molar-refractivity contribution in [3.8, 4) is 11.4 Å². The molecule has 2 rings (SSSR count). The van der Waals surface area contributed by atoms with Crippen LogP contribution in [0.25, 0.3) is 11.4 Å². The molecule has 2 aromatic rings. The molecule has 0 aliphatic carbocycles. The summed E-state index contributed by atoms with van der Waals surface area (Å²) in [6.45, 7) is 5.51. The fourth-order valence-electron chi connectivity index (χ4n) is 2.15. The van der Waals surface area contributed by atoms with Gasteiger partial charge in [0.15, 0.2) is 5.43 Å². The lowest BCUT2D eigenvalue weighted by Crippen LogP contribution is -2.30. The van der Waals surface area contributed by atoms with Gasteiger partial charge in [-0.2, -0.15) is 0 Å². The van der Waals surface area contributed by atoms with Gasteiger partial charge in [-0.1, -0.05) is 6.07 Å². The molecule has 7 heteroatoms. The minimum Gasteiger partial charge on any atom is -0.356 e. The zero-order valence-electron chi connectivity index (χ0n) is 12.8. The van der Waals surface area contributed by atoms with Crippen LogP contribution < -0.4 is 10.7 Å². The van der Waals surface area contributed by atoms with E-state index in [2.05, 4.69) is 9.97 Å². The van der Waals surface area contributed by atoms with E-state index in [1.807, 2.05) is 0 Å². The highest BCUT2D eigenvalue weighted by atomic mass is 31.2. The highest BCUT2D eigenvalue weighted by molar-refractivity contribution is 7.62. The second-order valence-electron chi connectivity index (χ2n) is 4.59. The van der Waals surface area contributed by atoms with Crippen molar-refractivity contribution in [3.63, 3.8) is 0 Å². The third-order valence-electron chi connectivity index (χ3n) is 2.93. The summed E-state index contributed by atoms with van der Waals surface area (Å²) in [6, 6.07) is 6.67. The molecule has 0 aliphatic rings. The number of rotatable bonds is 6. The van der Waals surface area contributed by atoms with Gasteiger partial charge < -0.3 is 14.0 Å². The zero-order valence-corrected chi connectivity index (χ0v) is 13.7. The molecule has 0 atom stereocenters. The summed E-state index contributed by atoms with van der Waals surface area (Å²) in [5, 5.41) is 0.000463. The summed E-state index contributed by atoms with van der Waals surface area (Å²) in [5.74, 6) is 0. The van der Waals surface area contributed by atoms with E-state index >= 15 is 0 Å². The van der Waals surface area contributed by atoms with Crippen LogP contribution in [-0.4, -0.2) is 23.2 Å². The molecule has 0 aromatic carbocycles. The summed E-state index contributed by atoms with van der Waals surface area (Å²) in [5.41, 5.74) is 1.14. The molecule has 0 fully saturated rings. The number of hydrogen-bond donors (Lipinski definition) is 1. The molecule has 0 bridgehead atoms. The summed E-state index contributed by atoms with van der Waals surface area (Å²) < 4.78 is 23.7. The largest absolute Gasteiger partial charge is 0.367 e. The van der Waals surface area contributed by atoms with Gasteiger partial charge in [0.25, 0.3) is 0 Å². The molecule has 22 heavy (non-hydrogen) atoms. The Hall–Kier alpha value is -1.75. The van der Waals surface area contributed by atoms with Gasteiger partial charge in [0.2, 0.25) is 0 Å². The van der Waals surface area contributed by atoms with Crippen molar-refractivity contribution < 1.29 is 13.6 Å². The van der Waals surface area contributed by atoms with Crippen molar-refractivity contribution >= 4 is 12.9 Å². The third kappa shape index (κ3) is 3.35. The van der Waals surface area contributed by atoms with Crippen LogP contribution >= 0.6 is 7.60 Å². The van der Waals surface area contributed by atoms with E-state index in [1.54, 1.807) is 45.2 Å². The lowest BCUT2D eigenvalue weighted by atomic mass is 10.2. The monoisotopic (exact) mass is 322 g/mol. The Morgan fingerprint density at radius 1 is 1.23 bits per heavy atom. The number of nitrogens with zero attached hydrogens (tertiary/aromatic N) is 1. The fraction of sp³-hybridized carbons (Fsp3) is 0.333. The second kappa shape index (κ2) is 7.01.